The van der Waals surface area contributed by atoms with Crippen LogP contribution < -0.4 is 5.56 Å². The van der Waals surface area contributed by atoms with Gasteiger partial charge in [-0.1, -0.05) is 57.2 Å². The highest BCUT2D eigenvalue weighted by atomic mass is 32.2. The summed E-state index contributed by atoms with van der Waals surface area (Å²) in [5.41, 5.74) is -0.00795. The fraction of sp³-hybridized carbons (Fsp3) is 0.625. The Morgan fingerprint density at radius 3 is 2.67 bits per heavy atom. The summed E-state index contributed by atoms with van der Waals surface area (Å²) in [6, 6.07) is 1.91. The van der Waals surface area contributed by atoms with Crippen LogP contribution in [0.3, 0.4) is 0 Å². The molecule has 0 radical (unpaired) electrons. The van der Waals surface area contributed by atoms with Gasteiger partial charge >= 0.3 is 0 Å². The number of hydrogen-bond donors (Lipinski definition) is 1. The normalized spacial score (nSPS) is 11.3. The predicted octanol–water partition coefficient (Wildman–Crippen LogP) is 5.14. The minimum Gasteiger partial charge on any atom is -0.301 e. The minimum atomic E-state index is -0.00795. The summed E-state index contributed by atoms with van der Waals surface area (Å²) in [7, 11) is 0. The van der Waals surface area contributed by atoms with Gasteiger partial charge in [0.05, 0.1) is 5.39 Å². The predicted molar refractivity (Wildman–Crippen MR) is 93.7 cm³/mol. The SMILES string of the molecule is CCCCCCCCCSc1nc2sc(C)cc2c(=O)[nH]1. The van der Waals surface area contributed by atoms with Crippen LogP contribution in [-0.2, 0) is 0 Å². The van der Waals surface area contributed by atoms with Crippen LogP contribution in [0.5, 0.6) is 0 Å². The number of aryl methyl sites for hydroxylation is 1. The lowest BCUT2D eigenvalue weighted by atomic mass is 10.1. The van der Waals surface area contributed by atoms with Gasteiger partial charge in [-0.25, -0.2) is 4.98 Å². The summed E-state index contributed by atoms with van der Waals surface area (Å²) in [6.45, 7) is 4.26. The Labute approximate surface area is 134 Å². The van der Waals surface area contributed by atoms with Gasteiger partial charge in [-0.3, -0.25) is 4.79 Å². The van der Waals surface area contributed by atoms with Crippen LogP contribution in [-0.4, -0.2) is 15.7 Å². The zero-order chi connectivity index (χ0) is 15.1. The summed E-state index contributed by atoms with van der Waals surface area (Å²) in [6.07, 6.45) is 9.19. The molecule has 0 amide bonds. The van der Waals surface area contributed by atoms with Crippen LogP contribution in [0.1, 0.15) is 56.7 Å². The minimum absolute atomic E-state index is 0.00795. The number of nitrogens with zero attached hydrogens (tertiary/aromatic N) is 1. The Morgan fingerprint density at radius 1 is 1.19 bits per heavy atom. The number of nitrogens with one attached hydrogen (secondary N) is 1. The van der Waals surface area contributed by atoms with Crippen molar-refractivity contribution in [2.45, 2.75) is 63.9 Å². The molecule has 0 spiro atoms. The molecule has 2 heterocycles. The summed E-state index contributed by atoms with van der Waals surface area (Å²) < 4.78 is 0. The van der Waals surface area contributed by atoms with Gasteiger partial charge in [0.15, 0.2) is 5.16 Å². The number of thioether (sulfide) groups is 1. The zero-order valence-electron chi connectivity index (χ0n) is 12.9. The van der Waals surface area contributed by atoms with Crippen molar-refractivity contribution in [2.75, 3.05) is 5.75 Å². The first-order valence-corrected chi connectivity index (χ1v) is 9.64. The number of rotatable bonds is 9. The van der Waals surface area contributed by atoms with E-state index in [2.05, 4.69) is 16.9 Å². The Bertz CT molecular complexity index is 618. The van der Waals surface area contributed by atoms with Crippen LogP contribution in [0.25, 0.3) is 10.2 Å². The molecule has 0 fully saturated rings. The van der Waals surface area contributed by atoms with Crippen LogP contribution in [0.4, 0.5) is 0 Å². The quantitative estimate of drug-likeness (QED) is 0.395. The monoisotopic (exact) mass is 324 g/mol. The molecule has 1 N–H and O–H groups in total. The van der Waals surface area contributed by atoms with Crippen molar-refractivity contribution in [3.05, 3.63) is 21.3 Å². The molecule has 0 aromatic carbocycles. The summed E-state index contributed by atoms with van der Waals surface area (Å²) in [5, 5.41) is 1.48. The van der Waals surface area contributed by atoms with Crippen molar-refractivity contribution < 1.29 is 0 Å². The Morgan fingerprint density at radius 2 is 1.90 bits per heavy atom. The molecule has 5 heteroatoms. The van der Waals surface area contributed by atoms with Gasteiger partial charge in [-0.15, -0.1) is 11.3 Å². The Hall–Kier alpha value is -0.810. The third kappa shape index (κ3) is 5.15. The van der Waals surface area contributed by atoms with Crippen LogP contribution in [0.15, 0.2) is 16.0 Å². The summed E-state index contributed by atoms with van der Waals surface area (Å²) in [5.74, 6) is 1.03. The first kappa shape index (κ1) is 16.6. The van der Waals surface area contributed by atoms with E-state index in [4.69, 9.17) is 0 Å². The molecule has 3 nitrogen and oxygen atoms in total. The van der Waals surface area contributed by atoms with E-state index in [0.29, 0.717) is 0 Å². The summed E-state index contributed by atoms with van der Waals surface area (Å²) >= 11 is 3.26. The van der Waals surface area contributed by atoms with Crippen LogP contribution in [0.2, 0.25) is 0 Å². The van der Waals surface area contributed by atoms with Gasteiger partial charge in [-0.2, -0.15) is 0 Å². The fourth-order valence-electron chi connectivity index (χ4n) is 2.33. The van der Waals surface area contributed by atoms with Crippen molar-refractivity contribution in [1.82, 2.24) is 9.97 Å². The van der Waals surface area contributed by atoms with Crippen molar-refractivity contribution in [3.63, 3.8) is 0 Å². The lowest BCUT2D eigenvalue weighted by molar-refractivity contribution is 0.603. The maximum absolute atomic E-state index is 11.9. The van der Waals surface area contributed by atoms with E-state index in [0.717, 1.165) is 26.0 Å². The van der Waals surface area contributed by atoms with Crippen molar-refractivity contribution in [2.24, 2.45) is 0 Å². The molecule has 2 aromatic rings. The standard InChI is InChI=1S/C16H24N2OS2/c1-3-4-5-6-7-8-9-10-20-16-17-14(19)13-11-12(2)21-15(13)18-16/h11H,3-10H2,1-2H3,(H,17,18,19). The molecule has 0 saturated carbocycles. The Balaban J connectivity index is 1.75. The lowest BCUT2D eigenvalue weighted by Gasteiger charge is -2.02. The number of unbranched alkanes of at least 4 members (excludes halogenated alkanes) is 6. The maximum atomic E-state index is 11.9. The van der Waals surface area contributed by atoms with E-state index < -0.39 is 0 Å². The van der Waals surface area contributed by atoms with Crippen molar-refractivity contribution in [3.8, 4) is 0 Å². The zero-order valence-corrected chi connectivity index (χ0v) is 14.5. The molecule has 21 heavy (non-hydrogen) atoms. The second-order valence-corrected chi connectivity index (χ2v) is 7.74. The van der Waals surface area contributed by atoms with Gasteiger partial charge in [0, 0.05) is 10.6 Å². The van der Waals surface area contributed by atoms with E-state index >= 15 is 0 Å². The summed E-state index contributed by atoms with van der Waals surface area (Å²) in [4.78, 5) is 21.4. The molecule has 0 aliphatic heterocycles. The molecule has 116 valence electrons. The number of aromatic nitrogens is 2. The molecule has 0 unspecified atom stereocenters. The molecule has 0 atom stereocenters. The highest BCUT2D eigenvalue weighted by Gasteiger charge is 2.07. The van der Waals surface area contributed by atoms with Crippen LogP contribution in [0, 0.1) is 6.92 Å². The average Bonchev–Trinajstić information content (AvgIpc) is 2.83. The van der Waals surface area contributed by atoms with Gasteiger partial charge in [0.1, 0.15) is 4.83 Å². The highest BCUT2D eigenvalue weighted by molar-refractivity contribution is 7.99. The van der Waals surface area contributed by atoms with Crippen molar-refractivity contribution >= 4 is 33.3 Å². The largest absolute Gasteiger partial charge is 0.301 e. The lowest BCUT2D eigenvalue weighted by Crippen LogP contribution is -2.07. The number of hydrogen-bond acceptors (Lipinski definition) is 4. The second kappa shape index (κ2) is 8.59. The molecule has 0 saturated heterocycles. The molecule has 0 bridgehead atoms. The maximum Gasteiger partial charge on any atom is 0.260 e. The van der Waals surface area contributed by atoms with Crippen LogP contribution >= 0.6 is 23.1 Å². The molecular weight excluding hydrogens is 300 g/mol. The number of H-pyrrole nitrogens is 1. The number of thiophene rings is 1. The number of aromatic amines is 1. The van der Waals surface area contributed by atoms with Gasteiger partial charge in [0.2, 0.25) is 0 Å². The third-order valence-corrected chi connectivity index (χ3v) is 5.39. The average molecular weight is 325 g/mol. The first-order valence-electron chi connectivity index (χ1n) is 7.84. The number of fused-ring (bicyclic) bond motifs is 1. The molecule has 0 aliphatic carbocycles. The van der Waals surface area contributed by atoms with Gasteiger partial charge in [-0.05, 0) is 19.4 Å². The van der Waals surface area contributed by atoms with Gasteiger partial charge < -0.3 is 4.98 Å². The molecule has 2 aromatic heterocycles. The van der Waals surface area contributed by atoms with Crippen molar-refractivity contribution in [1.29, 1.82) is 0 Å². The van der Waals surface area contributed by atoms with E-state index in [1.165, 1.54) is 44.9 Å². The fourth-order valence-corrected chi connectivity index (χ4v) is 4.13. The first-order chi connectivity index (χ1) is 10.2. The van der Waals surface area contributed by atoms with E-state index in [9.17, 15) is 4.79 Å². The smallest absolute Gasteiger partial charge is 0.260 e. The van der Waals surface area contributed by atoms with E-state index in [1.807, 2.05) is 13.0 Å². The Kier molecular flexibility index (Phi) is 6.77. The second-order valence-electron chi connectivity index (χ2n) is 5.42. The molecule has 2 rings (SSSR count). The third-order valence-electron chi connectivity index (χ3n) is 3.49. The topological polar surface area (TPSA) is 45.8 Å². The molecular formula is C16H24N2OS2. The van der Waals surface area contributed by atoms with E-state index in [-0.39, 0.29) is 5.56 Å². The van der Waals surface area contributed by atoms with E-state index in [1.54, 1.807) is 23.1 Å². The van der Waals surface area contributed by atoms with Gasteiger partial charge in [0.25, 0.3) is 5.56 Å². The highest BCUT2D eigenvalue weighted by Crippen LogP contribution is 2.23. The molecule has 0 aliphatic rings.